The molecule has 2 aliphatic rings. The van der Waals surface area contributed by atoms with Gasteiger partial charge in [-0.1, -0.05) is 71.4 Å². The Bertz CT molecular complexity index is 1500. The largest absolute Gasteiger partial charge is 0.460 e. The topological polar surface area (TPSA) is 172 Å². The fourth-order valence-corrected chi connectivity index (χ4v) is 6.98. The second kappa shape index (κ2) is 18.5. The standard InChI is InChI=1S/C39H59N5O9/c1-11-16-29-39(7,8)38(51)53-32(24(4)5)34(47)41-25(6)35(48)43(10)31(23(2)3)37(50)44-20-15-19-27(44)36(49)42(9)28(21-26-17-13-12-14-18-26)33(46)40-22-30(45)52-29/h12-14,17-18,23-25,27-29,31-32H,11,15-16,19-22H2,1-10H3,(H,40,46)(H,41,47)/t25-,27-,28?,29?,31-,32-/m0/s1. The van der Waals surface area contributed by atoms with E-state index in [-0.39, 0.29) is 18.9 Å². The first-order valence-corrected chi connectivity index (χ1v) is 18.7. The van der Waals surface area contributed by atoms with Crippen molar-refractivity contribution in [3.63, 3.8) is 0 Å². The minimum atomic E-state index is -1.40. The predicted octanol–water partition coefficient (Wildman–Crippen LogP) is 2.47. The third kappa shape index (κ3) is 10.3. The molecule has 1 aromatic rings. The Morgan fingerprint density at radius 1 is 0.849 bits per heavy atom. The number of carbonyl (C=O) groups is 7. The lowest BCUT2D eigenvalue weighted by Crippen LogP contribution is -2.60. The molecule has 0 spiro atoms. The van der Waals surface area contributed by atoms with E-state index in [4.69, 9.17) is 9.47 Å². The van der Waals surface area contributed by atoms with Crippen molar-refractivity contribution in [2.24, 2.45) is 17.3 Å². The highest BCUT2D eigenvalue weighted by atomic mass is 16.6. The maximum absolute atomic E-state index is 14.3. The van der Waals surface area contributed by atoms with Gasteiger partial charge in [0.25, 0.3) is 5.91 Å². The number of hydrogen-bond donors (Lipinski definition) is 2. The molecule has 0 aliphatic carbocycles. The Balaban J connectivity index is 2.08. The van der Waals surface area contributed by atoms with Crippen LogP contribution in [0.3, 0.4) is 0 Å². The van der Waals surface area contributed by atoms with Gasteiger partial charge in [0.05, 0.1) is 5.41 Å². The summed E-state index contributed by atoms with van der Waals surface area (Å²) in [6, 6.07) is 5.13. The number of benzene rings is 1. The quantitative estimate of drug-likeness (QED) is 0.416. The fourth-order valence-electron chi connectivity index (χ4n) is 6.98. The molecule has 14 nitrogen and oxygen atoms in total. The van der Waals surface area contributed by atoms with Crippen LogP contribution in [0.15, 0.2) is 30.3 Å². The SMILES string of the molecule is CCCC1OC(=O)CNC(=O)C(Cc2ccccc2)N(C)C(=O)[C@@H]2CCCN2C(=O)[C@H](C(C)C)N(C)C(=O)[C@H](C)NC(=O)[C@H](C(C)C)OC(=O)C1(C)C. The highest BCUT2D eigenvalue weighted by Gasteiger charge is 2.45. The van der Waals surface area contributed by atoms with Crippen molar-refractivity contribution in [2.45, 2.75) is 124 Å². The Labute approximate surface area is 313 Å². The van der Waals surface area contributed by atoms with Crippen molar-refractivity contribution in [1.82, 2.24) is 25.3 Å². The third-order valence-corrected chi connectivity index (χ3v) is 10.2. The van der Waals surface area contributed by atoms with Crippen LogP contribution in [0.4, 0.5) is 0 Å². The number of rotatable bonds is 6. The molecule has 1 aromatic carbocycles. The summed E-state index contributed by atoms with van der Waals surface area (Å²) in [6.07, 6.45) is -0.373. The Morgan fingerprint density at radius 2 is 1.49 bits per heavy atom. The zero-order valence-corrected chi connectivity index (χ0v) is 33.0. The van der Waals surface area contributed by atoms with Crippen LogP contribution in [-0.4, -0.2) is 120 Å². The van der Waals surface area contributed by atoms with Crippen LogP contribution in [0, 0.1) is 17.3 Å². The Hall–Kier alpha value is -4.49. The highest BCUT2D eigenvalue weighted by molar-refractivity contribution is 5.97. The van der Waals surface area contributed by atoms with Crippen molar-refractivity contribution in [3.05, 3.63) is 35.9 Å². The average Bonchev–Trinajstić information content (AvgIpc) is 3.60. The minimum absolute atomic E-state index is 0.133. The summed E-state index contributed by atoms with van der Waals surface area (Å²) in [5, 5.41) is 5.29. The first kappa shape index (κ1) is 42.9. The maximum atomic E-state index is 14.3. The number of cyclic esters (lactones) is 2. The van der Waals surface area contributed by atoms with E-state index in [1.807, 2.05) is 37.3 Å². The highest BCUT2D eigenvalue weighted by Crippen LogP contribution is 2.31. The van der Waals surface area contributed by atoms with E-state index in [1.54, 1.807) is 41.5 Å². The molecule has 0 aromatic heterocycles. The fraction of sp³-hybridized carbons (Fsp3) is 0.667. The van der Waals surface area contributed by atoms with Crippen LogP contribution in [0.1, 0.15) is 86.6 Å². The lowest BCUT2D eigenvalue weighted by atomic mass is 9.84. The second-order valence-corrected chi connectivity index (χ2v) is 15.5. The van der Waals surface area contributed by atoms with Crippen molar-refractivity contribution < 1.29 is 43.0 Å². The van der Waals surface area contributed by atoms with Gasteiger partial charge in [0.2, 0.25) is 23.6 Å². The Morgan fingerprint density at radius 3 is 2.08 bits per heavy atom. The van der Waals surface area contributed by atoms with Gasteiger partial charge in [-0.2, -0.15) is 0 Å². The van der Waals surface area contributed by atoms with E-state index in [0.717, 1.165) is 5.56 Å². The summed E-state index contributed by atoms with van der Waals surface area (Å²) in [7, 11) is 2.99. The Kier molecular flexibility index (Phi) is 15.0. The predicted molar refractivity (Wildman–Crippen MR) is 197 cm³/mol. The number of carbonyl (C=O) groups excluding carboxylic acids is 7. The van der Waals surface area contributed by atoms with Gasteiger partial charge in [-0.3, -0.25) is 33.6 Å². The molecule has 2 unspecified atom stereocenters. The number of ether oxygens (including phenoxy) is 2. The van der Waals surface area contributed by atoms with Gasteiger partial charge in [0, 0.05) is 27.1 Å². The monoisotopic (exact) mass is 741 g/mol. The van der Waals surface area contributed by atoms with Crippen molar-refractivity contribution in [2.75, 3.05) is 27.2 Å². The molecule has 0 bridgehead atoms. The molecule has 14 heteroatoms. The number of hydrogen-bond acceptors (Lipinski definition) is 9. The minimum Gasteiger partial charge on any atom is -0.460 e. The van der Waals surface area contributed by atoms with Gasteiger partial charge in [-0.25, -0.2) is 0 Å². The molecule has 6 atom stereocenters. The molecular formula is C39H59N5O9. The number of nitrogens with zero attached hydrogens (tertiary/aromatic N) is 3. The molecule has 2 N–H and O–H groups in total. The summed E-state index contributed by atoms with van der Waals surface area (Å²) in [4.78, 5) is 101. The van der Waals surface area contributed by atoms with Crippen molar-refractivity contribution in [1.29, 1.82) is 0 Å². The zero-order valence-electron chi connectivity index (χ0n) is 33.0. The van der Waals surface area contributed by atoms with Gasteiger partial charge in [-0.15, -0.1) is 0 Å². The van der Waals surface area contributed by atoms with Crippen LogP contribution in [0.2, 0.25) is 0 Å². The molecule has 2 fully saturated rings. The number of likely N-dealkylation sites (N-methyl/N-ethyl adjacent to an activating group) is 2. The number of amides is 5. The first-order chi connectivity index (χ1) is 24.8. The van der Waals surface area contributed by atoms with Crippen LogP contribution in [-0.2, 0) is 49.5 Å². The van der Waals surface area contributed by atoms with Gasteiger partial charge >= 0.3 is 11.9 Å². The molecule has 0 saturated carbocycles. The summed E-state index contributed by atoms with van der Waals surface area (Å²) < 4.78 is 11.5. The van der Waals surface area contributed by atoms with E-state index in [9.17, 15) is 33.6 Å². The summed E-state index contributed by atoms with van der Waals surface area (Å²) in [5.74, 6) is -5.15. The van der Waals surface area contributed by atoms with Crippen LogP contribution < -0.4 is 10.6 Å². The van der Waals surface area contributed by atoms with Gasteiger partial charge in [0.15, 0.2) is 6.10 Å². The second-order valence-electron chi connectivity index (χ2n) is 15.5. The smallest absolute Gasteiger partial charge is 0.325 e. The zero-order chi connectivity index (χ0) is 39.8. The molecule has 294 valence electrons. The molecular weight excluding hydrogens is 682 g/mol. The normalized spacial score (nSPS) is 27.5. The van der Waals surface area contributed by atoms with Gasteiger partial charge in [0.1, 0.15) is 36.8 Å². The van der Waals surface area contributed by atoms with Crippen LogP contribution in [0.25, 0.3) is 0 Å². The van der Waals surface area contributed by atoms with Crippen LogP contribution in [0.5, 0.6) is 0 Å². The van der Waals surface area contributed by atoms with E-state index < -0.39 is 95.7 Å². The summed E-state index contributed by atoms with van der Waals surface area (Å²) in [6.45, 7) is 13.2. The lowest BCUT2D eigenvalue weighted by molar-refractivity contribution is -0.179. The third-order valence-electron chi connectivity index (χ3n) is 10.2. The van der Waals surface area contributed by atoms with Crippen LogP contribution >= 0.6 is 0 Å². The number of fused-ring (bicyclic) bond motifs is 1. The molecule has 3 rings (SSSR count). The average molecular weight is 742 g/mol. The van der Waals surface area contributed by atoms with E-state index in [2.05, 4.69) is 10.6 Å². The molecule has 2 heterocycles. The first-order valence-electron chi connectivity index (χ1n) is 18.7. The molecule has 0 radical (unpaired) electrons. The number of esters is 2. The number of nitrogens with one attached hydrogen (secondary N) is 2. The van der Waals surface area contributed by atoms with E-state index >= 15 is 0 Å². The molecule has 2 saturated heterocycles. The van der Waals surface area contributed by atoms with Gasteiger partial charge < -0.3 is 34.8 Å². The maximum Gasteiger partial charge on any atom is 0.325 e. The summed E-state index contributed by atoms with van der Waals surface area (Å²) in [5.41, 5.74) is -0.623. The van der Waals surface area contributed by atoms with E-state index in [0.29, 0.717) is 25.7 Å². The lowest BCUT2D eigenvalue weighted by Gasteiger charge is -2.38. The van der Waals surface area contributed by atoms with Crippen molar-refractivity contribution >= 4 is 41.5 Å². The molecule has 53 heavy (non-hydrogen) atoms. The van der Waals surface area contributed by atoms with Crippen molar-refractivity contribution in [3.8, 4) is 0 Å². The van der Waals surface area contributed by atoms with Gasteiger partial charge in [-0.05, 0) is 57.4 Å². The van der Waals surface area contributed by atoms with E-state index in [1.165, 1.54) is 35.7 Å². The molecule has 2 aliphatic heterocycles. The summed E-state index contributed by atoms with van der Waals surface area (Å²) >= 11 is 0. The molecule has 5 amide bonds.